The normalized spacial score (nSPS) is 11.6. The van der Waals surface area contributed by atoms with Crippen LogP contribution in [0.5, 0.6) is 0 Å². The topological polar surface area (TPSA) is 75.8 Å². The summed E-state index contributed by atoms with van der Waals surface area (Å²) in [6, 6.07) is 26.4. The first-order valence-corrected chi connectivity index (χ1v) is 11.7. The fourth-order valence-electron chi connectivity index (χ4n) is 3.94. The van der Waals surface area contributed by atoms with Gasteiger partial charge < -0.3 is 14.3 Å². The lowest BCUT2D eigenvalue weighted by Crippen LogP contribution is -2.29. The number of aliphatic hydroxyl groups is 1. The third-order valence-corrected chi connectivity index (χ3v) is 5.94. The molecule has 180 valence electrons. The summed E-state index contributed by atoms with van der Waals surface area (Å²) in [7, 11) is 1.99. The number of aromatic nitrogens is 1. The second kappa shape index (κ2) is 11.7. The lowest BCUT2D eigenvalue weighted by molar-refractivity contribution is 0.0876. The summed E-state index contributed by atoms with van der Waals surface area (Å²) >= 11 is 0. The molecule has 4 rings (SSSR count). The van der Waals surface area contributed by atoms with Crippen molar-refractivity contribution in [3.8, 4) is 0 Å². The standard InChI is InChI=1S/C29H30N2O4/c1-31(17-19-34-18-16-23-12-14-24(22-32)15-13-23)21-27-20-30-28(35-27)29(33,25-8-4-2-5-9-25)26-10-6-3-7-11-26/h2-15,20,22,33H,16-19,21H2,1H3. The maximum Gasteiger partial charge on any atom is 0.236 e. The van der Waals surface area contributed by atoms with E-state index in [2.05, 4.69) is 9.88 Å². The predicted octanol–water partition coefficient (Wildman–Crippen LogP) is 4.46. The Hall–Kier alpha value is -3.58. The van der Waals surface area contributed by atoms with E-state index in [0.29, 0.717) is 42.2 Å². The largest absolute Gasteiger partial charge is 0.441 e. The molecule has 0 saturated heterocycles. The summed E-state index contributed by atoms with van der Waals surface area (Å²) < 4.78 is 11.8. The molecule has 0 bridgehead atoms. The predicted molar refractivity (Wildman–Crippen MR) is 134 cm³/mol. The molecule has 0 aliphatic rings. The highest BCUT2D eigenvalue weighted by Crippen LogP contribution is 2.36. The summed E-state index contributed by atoms with van der Waals surface area (Å²) in [5.74, 6) is 0.915. The second-order valence-corrected chi connectivity index (χ2v) is 8.53. The van der Waals surface area contributed by atoms with Crippen molar-refractivity contribution >= 4 is 6.29 Å². The molecular weight excluding hydrogens is 440 g/mol. The molecule has 0 atom stereocenters. The third-order valence-electron chi connectivity index (χ3n) is 5.94. The Bertz CT molecular complexity index is 1150. The molecule has 1 aromatic heterocycles. The zero-order valence-corrected chi connectivity index (χ0v) is 19.8. The number of rotatable bonds is 12. The molecule has 4 aromatic rings. The molecule has 35 heavy (non-hydrogen) atoms. The molecule has 0 aliphatic heterocycles. The Morgan fingerprint density at radius 1 is 0.943 bits per heavy atom. The van der Waals surface area contributed by atoms with Crippen LogP contribution in [-0.2, 0) is 23.3 Å². The van der Waals surface area contributed by atoms with Crippen molar-refractivity contribution in [3.05, 3.63) is 125 Å². The first-order valence-electron chi connectivity index (χ1n) is 11.7. The van der Waals surface area contributed by atoms with Gasteiger partial charge in [0.15, 0.2) is 5.60 Å². The van der Waals surface area contributed by atoms with Crippen molar-refractivity contribution in [3.63, 3.8) is 0 Å². The van der Waals surface area contributed by atoms with Gasteiger partial charge in [-0.1, -0.05) is 84.9 Å². The van der Waals surface area contributed by atoms with Crippen LogP contribution in [0.4, 0.5) is 0 Å². The van der Waals surface area contributed by atoms with Gasteiger partial charge in [0, 0.05) is 12.1 Å². The fourth-order valence-corrected chi connectivity index (χ4v) is 3.94. The minimum absolute atomic E-state index is 0.246. The second-order valence-electron chi connectivity index (χ2n) is 8.53. The number of ether oxygens (including phenoxy) is 1. The lowest BCUT2D eigenvalue weighted by Gasteiger charge is -2.26. The minimum atomic E-state index is -1.48. The maximum absolute atomic E-state index is 11.8. The quantitative estimate of drug-likeness (QED) is 0.243. The minimum Gasteiger partial charge on any atom is -0.441 e. The molecule has 0 fully saturated rings. The summed E-state index contributed by atoms with van der Waals surface area (Å²) in [6.45, 7) is 2.47. The summed E-state index contributed by atoms with van der Waals surface area (Å²) in [4.78, 5) is 17.3. The van der Waals surface area contributed by atoms with Gasteiger partial charge in [-0.15, -0.1) is 0 Å². The van der Waals surface area contributed by atoms with Crippen molar-refractivity contribution in [2.45, 2.75) is 18.6 Å². The number of oxazole rings is 1. The molecule has 6 heteroatoms. The van der Waals surface area contributed by atoms with Gasteiger partial charge in [0.1, 0.15) is 12.0 Å². The average molecular weight is 471 g/mol. The van der Waals surface area contributed by atoms with Gasteiger partial charge >= 0.3 is 0 Å². The van der Waals surface area contributed by atoms with E-state index in [0.717, 1.165) is 24.8 Å². The Morgan fingerprint density at radius 2 is 1.57 bits per heavy atom. The van der Waals surface area contributed by atoms with E-state index >= 15 is 0 Å². The van der Waals surface area contributed by atoms with Crippen molar-refractivity contribution < 1.29 is 19.1 Å². The van der Waals surface area contributed by atoms with Crippen LogP contribution >= 0.6 is 0 Å². The van der Waals surface area contributed by atoms with Crippen molar-refractivity contribution in [2.24, 2.45) is 0 Å². The van der Waals surface area contributed by atoms with Crippen molar-refractivity contribution in [1.29, 1.82) is 0 Å². The first-order chi connectivity index (χ1) is 17.1. The maximum atomic E-state index is 11.8. The highest BCUT2D eigenvalue weighted by Gasteiger charge is 2.38. The SMILES string of the molecule is CN(CCOCCc1ccc(C=O)cc1)Cc1cnc(C(O)(c2ccccc2)c2ccccc2)o1. The van der Waals surface area contributed by atoms with Gasteiger partial charge in [0.05, 0.1) is 26.0 Å². The molecular formula is C29H30N2O4. The Kier molecular flexibility index (Phi) is 8.21. The monoisotopic (exact) mass is 470 g/mol. The molecule has 0 radical (unpaired) electrons. The van der Waals surface area contributed by atoms with E-state index in [4.69, 9.17) is 9.15 Å². The summed E-state index contributed by atoms with van der Waals surface area (Å²) in [5, 5.41) is 11.8. The summed E-state index contributed by atoms with van der Waals surface area (Å²) in [5.41, 5.74) is 1.73. The van der Waals surface area contributed by atoms with Gasteiger partial charge in [-0.05, 0) is 30.2 Å². The molecule has 0 unspecified atom stereocenters. The number of hydrogen-bond donors (Lipinski definition) is 1. The zero-order valence-electron chi connectivity index (χ0n) is 19.8. The van der Waals surface area contributed by atoms with E-state index in [1.807, 2.05) is 92.0 Å². The van der Waals surface area contributed by atoms with Gasteiger partial charge in [0.25, 0.3) is 0 Å². The average Bonchev–Trinajstić information content (AvgIpc) is 3.38. The van der Waals surface area contributed by atoms with E-state index < -0.39 is 5.60 Å². The van der Waals surface area contributed by atoms with E-state index in [9.17, 15) is 9.90 Å². The van der Waals surface area contributed by atoms with Crippen LogP contribution in [0.1, 0.15) is 38.7 Å². The van der Waals surface area contributed by atoms with Crippen LogP contribution in [0.3, 0.4) is 0 Å². The van der Waals surface area contributed by atoms with Crippen LogP contribution in [0.25, 0.3) is 0 Å². The van der Waals surface area contributed by atoms with E-state index in [-0.39, 0.29) is 5.89 Å². The Labute approximate surface area is 205 Å². The fraction of sp³-hybridized carbons (Fsp3) is 0.241. The van der Waals surface area contributed by atoms with E-state index in [1.54, 1.807) is 6.20 Å². The van der Waals surface area contributed by atoms with Crippen molar-refractivity contribution in [1.82, 2.24) is 9.88 Å². The van der Waals surface area contributed by atoms with E-state index in [1.165, 1.54) is 0 Å². The Balaban J connectivity index is 1.33. The zero-order chi connectivity index (χ0) is 24.5. The molecule has 6 nitrogen and oxygen atoms in total. The molecule has 1 heterocycles. The number of hydrogen-bond acceptors (Lipinski definition) is 6. The van der Waals surface area contributed by atoms with Gasteiger partial charge in [0.2, 0.25) is 5.89 Å². The smallest absolute Gasteiger partial charge is 0.236 e. The van der Waals surface area contributed by atoms with Crippen LogP contribution in [-0.4, -0.2) is 48.1 Å². The van der Waals surface area contributed by atoms with Crippen LogP contribution < -0.4 is 0 Å². The number of carbonyl (C=O) groups is 1. The number of carbonyl (C=O) groups excluding carboxylic acids is 1. The summed E-state index contributed by atoms with van der Waals surface area (Å²) in [6.07, 6.45) is 3.32. The van der Waals surface area contributed by atoms with Crippen molar-refractivity contribution in [2.75, 3.05) is 26.8 Å². The number of benzene rings is 3. The highest BCUT2D eigenvalue weighted by atomic mass is 16.5. The van der Waals surface area contributed by atoms with Crippen LogP contribution in [0.15, 0.2) is 95.5 Å². The molecule has 0 aliphatic carbocycles. The highest BCUT2D eigenvalue weighted by molar-refractivity contribution is 5.74. The molecule has 3 aromatic carbocycles. The molecule has 0 saturated carbocycles. The molecule has 0 spiro atoms. The molecule has 1 N–H and O–H groups in total. The number of nitrogens with zero attached hydrogens (tertiary/aromatic N) is 2. The number of likely N-dealkylation sites (N-methyl/N-ethyl adjacent to an activating group) is 1. The lowest BCUT2D eigenvalue weighted by atomic mass is 9.86. The van der Waals surface area contributed by atoms with Crippen LogP contribution in [0, 0.1) is 0 Å². The Morgan fingerprint density at radius 3 is 2.17 bits per heavy atom. The molecule has 0 amide bonds. The first kappa shape index (κ1) is 24.5. The third kappa shape index (κ3) is 6.11. The van der Waals surface area contributed by atoms with Gasteiger partial charge in [-0.25, -0.2) is 4.98 Å². The van der Waals surface area contributed by atoms with Crippen LogP contribution in [0.2, 0.25) is 0 Å². The number of aldehydes is 1. The van der Waals surface area contributed by atoms with Gasteiger partial charge in [-0.2, -0.15) is 0 Å². The van der Waals surface area contributed by atoms with Gasteiger partial charge in [-0.3, -0.25) is 9.69 Å².